The van der Waals surface area contributed by atoms with Gasteiger partial charge in [-0.05, 0) is 52.0 Å². The average Bonchev–Trinajstić information content (AvgIpc) is 3.70. The Morgan fingerprint density at radius 1 is 1.23 bits per heavy atom. The van der Waals surface area contributed by atoms with E-state index in [-0.39, 0.29) is 17.4 Å². The van der Waals surface area contributed by atoms with Gasteiger partial charge >= 0.3 is 13.7 Å². The highest BCUT2D eigenvalue weighted by Gasteiger charge is 2.58. The fraction of sp³-hybridized carbons (Fsp3) is 0.438. The summed E-state index contributed by atoms with van der Waals surface area (Å²) in [5.74, 6) is 2.45. The monoisotopic (exact) mass is 666 g/mol. The largest absolute Gasteiger partial charge is 0.462 e. The Bertz CT molecular complexity index is 1890. The molecule has 6 atom stereocenters. The summed E-state index contributed by atoms with van der Waals surface area (Å²) >= 11 is 0. The first-order chi connectivity index (χ1) is 22.4. The predicted octanol–water partition coefficient (Wildman–Crippen LogP) is 4.60. The third kappa shape index (κ3) is 6.68. The summed E-state index contributed by atoms with van der Waals surface area (Å²) in [6.07, 6.45) is 3.61. The smallest absolute Gasteiger partial charge is 0.459 e. The number of aromatic nitrogens is 4. The van der Waals surface area contributed by atoms with E-state index in [0.717, 1.165) is 18.2 Å². The molecule has 1 aliphatic heterocycles. The number of alkyl halides is 1. The molecule has 0 spiro atoms. The summed E-state index contributed by atoms with van der Waals surface area (Å²) < 4.78 is 55.0. The van der Waals surface area contributed by atoms with E-state index in [4.69, 9.17) is 24.9 Å². The molecule has 1 aliphatic carbocycles. The number of anilines is 1. The number of hydrogen-bond donors (Lipinski definition) is 3. The second kappa shape index (κ2) is 12.8. The van der Waals surface area contributed by atoms with Gasteiger partial charge in [-0.15, -0.1) is 6.42 Å². The van der Waals surface area contributed by atoms with E-state index in [0.29, 0.717) is 22.5 Å². The van der Waals surface area contributed by atoms with E-state index < -0.39 is 56.6 Å². The fourth-order valence-electron chi connectivity index (χ4n) is 5.32. The van der Waals surface area contributed by atoms with Crippen molar-refractivity contribution >= 4 is 41.5 Å². The van der Waals surface area contributed by atoms with E-state index in [1.165, 1.54) is 17.8 Å². The van der Waals surface area contributed by atoms with Crippen molar-refractivity contribution in [2.24, 2.45) is 0 Å². The van der Waals surface area contributed by atoms with Gasteiger partial charge in [-0.3, -0.25) is 13.9 Å². The lowest BCUT2D eigenvalue weighted by molar-refractivity contribution is -0.149. The number of carbonyl (C=O) groups is 1. The van der Waals surface area contributed by atoms with Crippen molar-refractivity contribution in [3.05, 3.63) is 54.6 Å². The van der Waals surface area contributed by atoms with Gasteiger partial charge in [0.2, 0.25) is 5.67 Å². The molecule has 6 rings (SSSR count). The number of nitrogens with one attached hydrogen (secondary N) is 2. The maximum Gasteiger partial charge on any atom is 0.459 e. The lowest BCUT2D eigenvalue weighted by Gasteiger charge is -2.25. The minimum atomic E-state index is -4.43. The van der Waals surface area contributed by atoms with Gasteiger partial charge in [-0.2, -0.15) is 5.09 Å². The molecule has 13 nitrogen and oxygen atoms in total. The molecular formula is C32H36FN6O7P. The second-order valence-electron chi connectivity index (χ2n) is 11.9. The first-order valence-electron chi connectivity index (χ1n) is 15.3. The lowest BCUT2D eigenvalue weighted by atomic mass is 9.97. The van der Waals surface area contributed by atoms with Crippen molar-refractivity contribution < 1.29 is 37.4 Å². The number of fused-ring (bicyclic) bond motifs is 2. The topological polar surface area (TPSA) is 159 Å². The number of halogens is 1. The van der Waals surface area contributed by atoms with Gasteiger partial charge in [0.15, 0.2) is 23.2 Å². The normalized spacial score (nSPS) is 24.6. The number of imidazole rings is 1. The van der Waals surface area contributed by atoms with Crippen LogP contribution < -0.4 is 14.9 Å². The van der Waals surface area contributed by atoms with Crippen LogP contribution in [0.5, 0.6) is 5.75 Å². The van der Waals surface area contributed by atoms with Gasteiger partial charge in [-0.25, -0.2) is 23.9 Å². The molecule has 0 radical (unpaired) electrons. The van der Waals surface area contributed by atoms with Crippen LogP contribution in [0.2, 0.25) is 0 Å². The molecule has 47 heavy (non-hydrogen) atoms. The van der Waals surface area contributed by atoms with Gasteiger partial charge < -0.3 is 24.4 Å². The number of aliphatic hydroxyl groups excluding tert-OH is 1. The molecule has 0 unspecified atom stereocenters. The van der Waals surface area contributed by atoms with E-state index in [2.05, 4.69) is 25.4 Å². The van der Waals surface area contributed by atoms with Crippen molar-refractivity contribution in [2.75, 3.05) is 11.9 Å². The number of nitrogens with zero attached hydrogens (tertiary/aromatic N) is 4. The van der Waals surface area contributed by atoms with Gasteiger partial charge in [0.25, 0.3) is 0 Å². The number of rotatable bonds is 12. The Kier molecular flexibility index (Phi) is 8.95. The molecule has 2 aromatic heterocycles. The predicted molar refractivity (Wildman–Crippen MR) is 171 cm³/mol. The molecule has 3 N–H and O–H groups in total. The Labute approximate surface area is 270 Å². The third-order valence-corrected chi connectivity index (χ3v) is 9.43. The molecule has 2 aliphatic rings. The number of esters is 1. The van der Waals surface area contributed by atoms with Crippen LogP contribution in [-0.2, 0) is 23.4 Å². The number of aryl methyl sites for hydroxylation is 1. The van der Waals surface area contributed by atoms with Crippen LogP contribution in [-0.4, -0.2) is 73.3 Å². The first kappa shape index (κ1) is 32.8. The van der Waals surface area contributed by atoms with Crippen LogP contribution in [0.4, 0.5) is 10.2 Å². The highest BCUT2D eigenvalue weighted by molar-refractivity contribution is 7.52. The zero-order chi connectivity index (χ0) is 33.5. The highest BCUT2D eigenvalue weighted by atomic mass is 31.2. The summed E-state index contributed by atoms with van der Waals surface area (Å²) in [6, 6.07) is 11.6. The summed E-state index contributed by atoms with van der Waals surface area (Å²) in [6.45, 7) is 5.85. The van der Waals surface area contributed by atoms with Gasteiger partial charge in [0, 0.05) is 11.4 Å². The van der Waals surface area contributed by atoms with E-state index in [1.807, 2.05) is 24.1 Å². The summed E-state index contributed by atoms with van der Waals surface area (Å²) in [5, 5.41) is 18.5. The Hall–Kier alpha value is -4.12. The molecule has 3 heterocycles. The molecule has 248 valence electrons. The van der Waals surface area contributed by atoms with Crippen molar-refractivity contribution in [1.82, 2.24) is 24.6 Å². The first-order valence-corrected chi connectivity index (χ1v) is 16.8. The van der Waals surface area contributed by atoms with E-state index >= 15 is 4.39 Å². The number of terminal acetylenes is 1. The maximum absolute atomic E-state index is 16.5. The van der Waals surface area contributed by atoms with Crippen LogP contribution in [0.25, 0.3) is 21.9 Å². The van der Waals surface area contributed by atoms with Crippen molar-refractivity contribution in [3.63, 3.8) is 0 Å². The number of hydrogen-bond acceptors (Lipinski definition) is 11. The second-order valence-corrected chi connectivity index (χ2v) is 13.6. The van der Waals surface area contributed by atoms with Crippen LogP contribution in [0.3, 0.4) is 0 Å². The number of carbonyl (C=O) groups excluding carboxylic acids is 1. The molecule has 4 aromatic rings. The molecule has 2 fully saturated rings. The summed E-state index contributed by atoms with van der Waals surface area (Å²) in [7, 11) is -4.43. The Morgan fingerprint density at radius 3 is 2.70 bits per heavy atom. The number of aliphatic hydroxyl groups is 1. The number of benzene rings is 2. The molecule has 0 amide bonds. The summed E-state index contributed by atoms with van der Waals surface area (Å²) in [4.78, 5) is 25.9. The van der Waals surface area contributed by atoms with Crippen LogP contribution in [0.1, 0.15) is 45.7 Å². The SMILES string of the molecule is C#C[C@@]1(F)[C@H](O)[C@@H](CO[P@@](=O)(N[C@@H](C)C(=O)OC(C)C)Oc2cccc3ccccc23)O[C@H]1n1cnc2c(NC3CC3)nc(C)nc21. The standard InChI is InChI=1S/C32H36FN6O7P/c1-6-32(33)27(40)25(45-31(32)39-17-34-26-28(37-22-14-15-22)35-20(5)36-29(26)39)16-43-47(42,38-19(4)30(41)44-18(2)3)46-24-13-9-11-21-10-7-8-12-23(21)24/h1,7-13,17-19,22,25,27,31,40H,14-16H2,2-5H3,(H,38,42)(H,35,36,37)/t19-,25+,27+,31+,32+,47-/m0/s1. The zero-order valence-corrected chi connectivity index (χ0v) is 27.2. The van der Waals surface area contributed by atoms with Crippen LogP contribution in [0.15, 0.2) is 48.8 Å². The summed E-state index contributed by atoms with van der Waals surface area (Å²) in [5.41, 5.74) is -2.12. The molecular weight excluding hydrogens is 630 g/mol. The van der Waals surface area contributed by atoms with Crippen molar-refractivity contribution in [1.29, 1.82) is 0 Å². The minimum absolute atomic E-state index is 0.202. The van der Waals surface area contributed by atoms with E-state index in [9.17, 15) is 14.5 Å². The highest BCUT2D eigenvalue weighted by Crippen LogP contribution is 2.49. The minimum Gasteiger partial charge on any atom is -0.462 e. The van der Waals surface area contributed by atoms with Gasteiger partial charge in [-0.1, -0.05) is 42.3 Å². The molecule has 2 aromatic carbocycles. The number of ether oxygens (including phenoxy) is 2. The van der Waals surface area contributed by atoms with Crippen molar-refractivity contribution in [2.45, 2.75) is 82.8 Å². The Morgan fingerprint density at radius 2 is 1.98 bits per heavy atom. The Balaban J connectivity index is 1.28. The van der Waals surface area contributed by atoms with Crippen molar-refractivity contribution in [3.8, 4) is 18.1 Å². The molecule has 1 saturated heterocycles. The zero-order valence-electron chi connectivity index (χ0n) is 26.3. The molecule has 0 bridgehead atoms. The van der Waals surface area contributed by atoms with Gasteiger partial charge in [0.05, 0.1) is 19.0 Å². The van der Waals surface area contributed by atoms with E-state index in [1.54, 1.807) is 45.0 Å². The molecule has 15 heteroatoms. The fourth-order valence-corrected chi connectivity index (χ4v) is 6.84. The van der Waals surface area contributed by atoms with Crippen LogP contribution in [0, 0.1) is 19.3 Å². The van der Waals surface area contributed by atoms with Gasteiger partial charge in [0.1, 0.15) is 29.8 Å². The third-order valence-electron chi connectivity index (χ3n) is 7.81. The quantitative estimate of drug-likeness (QED) is 0.110. The molecule has 1 saturated carbocycles. The average molecular weight is 667 g/mol. The van der Waals surface area contributed by atoms with Crippen LogP contribution >= 0.6 is 7.75 Å². The maximum atomic E-state index is 16.5. The lowest BCUT2D eigenvalue weighted by Crippen LogP contribution is -2.42.